The zero-order chi connectivity index (χ0) is 16.7. The fourth-order valence-corrected chi connectivity index (χ4v) is 2.22. The van der Waals surface area contributed by atoms with Gasteiger partial charge in [-0.25, -0.2) is 4.98 Å². The minimum atomic E-state index is 0.0554. The maximum absolute atomic E-state index is 9.22. The minimum absolute atomic E-state index is 0.0554. The van der Waals surface area contributed by atoms with Crippen LogP contribution in [-0.2, 0) is 11.3 Å². The van der Waals surface area contributed by atoms with Gasteiger partial charge in [0.25, 0.3) is 0 Å². The molecule has 0 aliphatic heterocycles. The van der Waals surface area contributed by atoms with E-state index in [0.717, 1.165) is 24.2 Å². The van der Waals surface area contributed by atoms with E-state index in [-0.39, 0.29) is 17.3 Å². The van der Waals surface area contributed by atoms with Gasteiger partial charge in [0.05, 0.1) is 12.3 Å². The second-order valence-electron chi connectivity index (χ2n) is 5.26. The number of ether oxygens (including phenoxy) is 1. The summed E-state index contributed by atoms with van der Waals surface area (Å²) in [5.41, 5.74) is 13.9. The molecule has 0 saturated heterocycles. The summed E-state index contributed by atoms with van der Waals surface area (Å²) in [5, 5.41) is 9.22. The molecule has 1 heterocycles. The highest BCUT2D eigenvalue weighted by atomic mass is 16.5. The number of hydrogen-bond acceptors (Lipinski definition) is 6. The van der Waals surface area contributed by atoms with Crippen LogP contribution in [0.5, 0.6) is 0 Å². The Morgan fingerprint density at radius 1 is 1.13 bits per heavy atom. The fraction of sp³-hybridized carbons (Fsp3) is 0.353. The summed E-state index contributed by atoms with van der Waals surface area (Å²) >= 11 is 0. The van der Waals surface area contributed by atoms with Crippen molar-refractivity contribution in [2.75, 3.05) is 18.1 Å². The van der Waals surface area contributed by atoms with Gasteiger partial charge < -0.3 is 16.2 Å². The van der Waals surface area contributed by atoms with E-state index in [1.165, 1.54) is 12.8 Å². The summed E-state index contributed by atoms with van der Waals surface area (Å²) in [6.07, 6.45) is 3.45. The average Bonchev–Trinajstić information content (AvgIpc) is 2.54. The van der Waals surface area contributed by atoms with Crippen molar-refractivity contribution >= 4 is 11.8 Å². The number of benzene rings is 1. The summed E-state index contributed by atoms with van der Waals surface area (Å²) in [7, 11) is 0. The molecule has 1 aromatic carbocycles. The number of unbranched alkanes of at least 4 members (excludes halogenated alkanes) is 2. The van der Waals surface area contributed by atoms with Crippen molar-refractivity contribution in [3.8, 4) is 17.3 Å². The highest BCUT2D eigenvalue weighted by Crippen LogP contribution is 2.25. The van der Waals surface area contributed by atoms with Crippen LogP contribution in [0.15, 0.2) is 24.3 Å². The van der Waals surface area contributed by atoms with Crippen molar-refractivity contribution in [2.45, 2.75) is 32.8 Å². The van der Waals surface area contributed by atoms with Crippen LogP contribution in [0.3, 0.4) is 0 Å². The molecule has 0 aliphatic rings. The third-order valence-corrected chi connectivity index (χ3v) is 3.45. The molecule has 6 heteroatoms. The number of rotatable bonds is 7. The predicted octanol–water partition coefficient (Wildman–Crippen LogP) is 2.89. The Morgan fingerprint density at radius 3 is 2.52 bits per heavy atom. The third-order valence-electron chi connectivity index (χ3n) is 3.45. The van der Waals surface area contributed by atoms with Gasteiger partial charge in [0, 0.05) is 12.2 Å². The Hall–Kier alpha value is -2.65. The zero-order valence-corrected chi connectivity index (χ0v) is 13.2. The molecule has 23 heavy (non-hydrogen) atoms. The van der Waals surface area contributed by atoms with Gasteiger partial charge in [0.15, 0.2) is 0 Å². The maximum atomic E-state index is 9.22. The summed E-state index contributed by atoms with van der Waals surface area (Å²) in [5.74, 6) is 0.151. The van der Waals surface area contributed by atoms with Gasteiger partial charge in [-0.3, -0.25) is 0 Å². The number of nitriles is 1. The molecule has 2 aromatic rings. The maximum Gasteiger partial charge on any atom is 0.222 e. The second kappa shape index (κ2) is 8.11. The average molecular weight is 311 g/mol. The first-order valence-corrected chi connectivity index (χ1v) is 7.65. The molecular weight excluding hydrogens is 290 g/mol. The van der Waals surface area contributed by atoms with Crippen LogP contribution in [0.2, 0.25) is 0 Å². The molecule has 6 nitrogen and oxygen atoms in total. The van der Waals surface area contributed by atoms with E-state index in [4.69, 9.17) is 16.2 Å². The van der Waals surface area contributed by atoms with Crippen molar-refractivity contribution in [3.05, 3.63) is 35.4 Å². The molecule has 0 saturated carbocycles. The summed E-state index contributed by atoms with van der Waals surface area (Å²) in [6, 6.07) is 9.69. The highest BCUT2D eigenvalue weighted by Gasteiger charge is 2.12. The molecule has 0 unspecified atom stereocenters. The molecule has 1 aromatic heterocycles. The molecule has 0 bridgehead atoms. The Bertz CT molecular complexity index is 691. The Morgan fingerprint density at radius 2 is 1.87 bits per heavy atom. The lowest BCUT2D eigenvalue weighted by atomic mass is 10.1. The van der Waals surface area contributed by atoms with Crippen LogP contribution in [-0.4, -0.2) is 16.6 Å². The van der Waals surface area contributed by atoms with Gasteiger partial charge in [0.2, 0.25) is 5.95 Å². The first kappa shape index (κ1) is 16.7. The van der Waals surface area contributed by atoms with Crippen molar-refractivity contribution in [1.29, 1.82) is 5.26 Å². The lowest BCUT2D eigenvalue weighted by molar-refractivity contribution is 0.117. The molecule has 4 N–H and O–H groups in total. The van der Waals surface area contributed by atoms with Crippen LogP contribution < -0.4 is 11.5 Å². The quantitative estimate of drug-likeness (QED) is 0.760. The number of nitrogens with zero attached hydrogens (tertiary/aromatic N) is 3. The Balaban J connectivity index is 2.10. The molecular formula is C17H21N5O. The topological polar surface area (TPSA) is 111 Å². The Labute approximate surface area is 136 Å². The number of nitrogen functional groups attached to an aromatic ring is 2. The van der Waals surface area contributed by atoms with E-state index in [0.29, 0.717) is 12.3 Å². The van der Waals surface area contributed by atoms with Crippen LogP contribution in [0.25, 0.3) is 11.3 Å². The first-order chi connectivity index (χ1) is 11.2. The van der Waals surface area contributed by atoms with E-state index in [1.54, 1.807) is 0 Å². The van der Waals surface area contributed by atoms with E-state index >= 15 is 0 Å². The van der Waals surface area contributed by atoms with Gasteiger partial charge in [-0.1, -0.05) is 44.0 Å². The van der Waals surface area contributed by atoms with Crippen molar-refractivity contribution < 1.29 is 4.74 Å². The largest absolute Gasteiger partial charge is 0.382 e. The third kappa shape index (κ3) is 4.41. The second-order valence-corrected chi connectivity index (χ2v) is 5.26. The molecule has 0 aliphatic carbocycles. The smallest absolute Gasteiger partial charge is 0.222 e. The zero-order valence-electron chi connectivity index (χ0n) is 13.2. The minimum Gasteiger partial charge on any atom is -0.382 e. The summed E-state index contributed by atoms with van der Waals surface area (Å²) in [6.45, 7) is 3.51. The van der Waals surface area contributed by atoms with Gasteiger partial charge in [-0.15, -0.1) is 0 Å². The molecule has 120 valence electrons. The van der Waals surface area contributed by atoms with Crippen LogP contribution >= 0.6 is 0 Å². The molecule has 0 spiro atoms. The molecule has 2 rings (SSSR count). The van der Waals surface area contributed by atoms with E-state index in [2.05, 4.69) is 16.9 Å². The van der Waals surface area contributed by atoms with E-state index in [9.17, 15) is 5.26 Å². The van der Waals surface area contributed by atoms with Gasteiger partial charge in [0.1, 0.15) is 17.5 Å². The number of hydrogen-bond donors (Lipinski definition) is 2. The molecule has 0 fully saturated rings. The van der Waals surface area contributed by atoms with E-state index < -0.39 is 0 Å². The summed E-state index contributed by atoms with van der Waals surface area (Å²) in [4.78, 5) is 7.95. The van der Waals surface area contributed by atoms with E-state index in [1.807, 2.05) is 30.3 Å². The first-order valence-electron chi connectivity index (χ1n) is 7.65. The van der Waals surface area contributed by atoms with Gasteiger partial charge >= 0.3 is 0 Å². The SMILES string of the molecule is CCCCCOCc1ccc(-c2nc(N)nc(N)c2C#N)cc1. The number of aromatic nitrogens is 2. The molecule has 0 atom stereocenters. The number of nitrogens with two attached hydrogens (primary N) is 2. The van der Waals surface area contributed by atoms with Gasteiger partial charge in [-0.2, -0.15) is 10.2 Å². The monoisotopic (exact) mass is 311 g/mol. The molecule has 0 amide bonds. The van der Waals surface area contributed by atoms with Crippen LogP contribution in [0, 0.1) is 11.3 Å². The van der Waals surface area contributed by atoms with Crippen molar-refractivity contribution in [1.82, 2.24) is 9.97 Å². The van der Waals surface area contributed by atoms with Crippen LogP contribution in [0.4, 0.5) is 11.8 Å². The predicted molar refractivity (Wildman–Crippen MR) is 90.2 cm³/mol. The fourth-order valence-electron chi connectivity index (χ4n) is 2.22. The summed E-state index contributed by atoms with van der Waals surface area (Å²) < 4.78 is 5.63. The van der Waals surface area contributed by atoms with Gasteiger partial charge in [-0.05, 0) is 12.0 Å². The van der Waals surface area contributed by atoms with Crippen LogP contribution in [0.1, 0.15) is 37.3 Å². The lowest BCUT2D eigenvalue weighted by Gasteiger charge is -2.08. The Kier molecular flexibility index (Phi) is 5.89. The normalized spacial score (nSPS) is 10.4. The van der Waals surface area contributed by atoms with Crippen molar-refractivity contribution in [3.63, 3.8) is 0 Å². The lowest BCUT2D eigenvalue weighted by Crippen LogP contribution is -2.05. The molecule has 0 radical (unpaired) electrons. The highest BCUT2D eigenvalue weighted by molar-refractivity contribution is 5.73. The standard InChI is InChI=1S/C17H21N5O/c1-2-3-4-9-23-11-12-5-7-13(8-6-12)15-14(10-18)16(19)22-17(20)21-15/h5-8H,2-4,9,11H2,1H3,(H4,19,20,21,22). The number of anilines is 2. The van der Waals surface area contributed by atoms with Crippen molar-refractivity contribution in [2.24, 2.45) is 0 Å².